The Bertz CT molecular complexity index is 909. The second-order valence-electron chi connectivity index (χ2n) is 7.27. The Morgan fingerprint density at radius 3 is 2.33 bits per heavy atom. The fourth-order valence-corrected chi connectivity index (χ4v) is 2.40. The van der Waals surface area contributed by atoms with Crippen molar-refractivity contribution >= 4 is 11.7 Å². The Morgan fingerprint density at radius 1 is 1.07 bits per heavy atom. The number of anilines is 1. The lowest BCUT2D eigenvalue weighted by Gasteiger charge is -2.16. The monoisotopic (exact) mass is 365 g/mol. The minimum atomic E-state index is -0.550. The third-order valence-electron chi connectivity index (χ3n) is 4.04. The molecule has 7 heteroatoms. The molecule has 0 atom stereocenters. The van der Waals surface area contributed by atoms with Gasteiger partial charge in [-0.25, -0.2) is 4.68 Å². The fourth-order valence-electron chi connectivity index (χ4n) is 2.40. The summed E-state index contributed by atoms with van der Waals surface area (Å²) in [5, 5.41) is 15.1. The van der Waals surface area contributed by atoms with E-state index in [1.54, 1.807) is 16.8 Å². The molecule has 0 amide bonds. The van der Waals surface area contributed by atoms with Gasteiger partial charge in [-0.1, -0.05) is 12.1 Å². The summed E-state index contributed by atoms with van der Waals surface area (Å²) in [5.41, 5.74) is 2.45. The van der Waals surface area contributed by atoms with E-state index in [4.69, 9.17) is 4.74 Å². The summed E-state index contributed by atoms with van der Waals surface area (Å²) in [7, 11) is 1.89. The van der Waals surface area contributed by atoms with E-state index in [-0.39, 0.29) is 5.97 Å². The molecule has 0 saturated carbocycles. The molecule has 3 rings (SSSR count). The van der Waals surface area contributed by atoms with Crippen molar-refractivity contribution in [3.8, 4) is 17.1 Å². The zero-order chi connectivity index (χ0) is 19.4. The number of rotatable bonds is 5. The molecule has 0 saturated heterocycles. The highest BCUT2D eigenvalue weighted by atomic mass is 16.5. The first-order chi connectivity index (χ1) is 12.9. The number of aromatic nitrogens is 4. The zero-order valence-corrected chi connectivity index (χ0v) is 15.9. The van der Waals surface area contributed by atoms with Gasteiger partial charge in [0.1, 0.15) is 5.75 Å². The molecule has 140 valence electrons. The van der Waals surface area contributed by atoms with E-state index in [0.717, 1.165) is 16.8 Å². The zero-order valence-electron chi connectivity index (χ0n) is 15.9. The summed E-state index contributed by atoms with van der Waals surface area (Å²) in [6.45, 7) is 6.02. The summed E-state index contributed by atoms with van der Waals surface area (Å²) in [6.07, 6.45) is 0. The van der Waals surface area contributed by atoms with Crippen molar-refractivity contribution in [2.75, 3.05) is 12.4 Å². The SMILES string of the molecule is CNc1ccc(Cn2nnnc2-c2ccc(OC(=O)C(C)(C)C)cc2)cc1. The van der Waals surface area contributed by atoms with E-state index >= 15 is 0 Å². The van der Waals surface area contributed by atoms with Crippen molar-refractivity contribution in [1.82, 2.24) is 20.2 Å². The van der Waals surface area contributed by atoms with Crippen LogP contribution in [0.25, 0.3) is 11.4 Å². The number of carbonyl (C=O) groups excluding carboxylic acids is 1. The topological polar surface area (TPSA) is 81.9 Å². The first-order valence-electron chi connectivity index (χ1n) is 8.72. The third kappa shape index (κ3) is 4.49. The first kappa shape index (κ1) is 18.6. The molecule has 1 aromatic heterocycles. The quantitative estimate of drug-likeness (QED) is 0.551. The van der Waals surface area contributed by atoms with Crippen molar-refractivity contribution in [2.24, 2.45) is 5.41 Å². The Hall–Kier alpha value is -3.22. The molecule has 1 N–H and O–H groups in total. The molecule has 0 fully saturated rings. The maximum atomic E-state index is 12.0. The standard InChI is InChI=1S/C20H23N5O2/c1-20(2,3)19(26)27-17-11-7-15(8-12-17)18-22-23-24-25(18)13-14-5-9-16(21-4)10-6-14/h5-12,21H,13H2,1-4H3. The highest BCUT2D eigenvalue weighted by Gasteiger charge is 2.23. The van der Waals surface area contributed by atoms with Gasteiger partial charge in [-0.05, 0) is 73.2 Å². The van der Waals surface area contributed by atoms with Gasteiger partial charge < -0.3 is 10.1 Å². The van der Waals surface area contributed by atoms with Crippen molar-refractivity contribution in [2.45, 2.75) is 27.3 Å². The van der Waals surface area contributed by atoms with Crippen LogP contribution in [0.1, 0.15) is 26.3 Å². The summed E-state index contributed by atoms with van der Waals surface area (Å²) >= 11 is 0. The van der Waals surface area contributed by atoms with Gasteiger partial charge in [-0.2, -0.15) is 0 Å². The largest absolute Gasteiger partial charge is 0.426 e. The van der Waals surface area contributed by atoms with Gasteiger partial charge in [0.25, 0.3) is 0 Å². The van der Waals surface area contributed by atoms with Crippen molar-refractivity contribution in [1.29, 1.82) is 0 Å². The van der Waals surface area contributed by atoms with Crippen molar-refractivity contribution < 1.29 is 9.53 Å². The average Bonchev–Trinajstić information content (AvgIpc) is 3.10. The van der Waals surface area contributed by atoms with Gasteiger partial charge in [-0.3, -0.25) is 4.79 Å². The summed E-state index contributed by atoms with van der Waals surface area (Å²) < 4.78 is 7.14. The number of tetrazole rings is 1. The van der Waals surface area contributed by atoms with Gasteiger partial charge in [0, 0.05) is 18.3 Å². The Balaban J connectivity index is 1.75. The smallest absolute Gasteiger partial charge is 0.316 e. The Kier molecular flexibility index (Phi) is 5.21. The number of hydrogen-bond acceptors (Lipinski definition) is 6. The van der Waals surface area contributed by atoms with Crippen molar-refractivity contribution in [3.05, 3.63) is 54.1 Å². The van der Waals surface area contributed by atoms with Crippen LogP contribution in [0.3, 0.4) is 0 Å². The van der Waals surface area contributed by atoms with E-state index in [0.29, 0.717) is 18.1 Å². The predicted molar refractivity (Wildman–Crippen MR) is 103 cm³/mol. The number of carbonyl (C=O) groups is 1. The van der Waals surface area contributed by atoms with Crippen LogP contribution in [0.15, 0.2) is 48.5 Å². The van der Waals surface area contributed by atoms with Crippen LogP contribution in [0.2, 0.25) is 0 Å². The molecule has 2 aromatic carbocycles. The van der Waals surface area contributed by atoms with Crippen LogP contribution >= 0.6 is 0 Å². The van der Waals surface area contributed by atoms with Crippen LogP contribution in [0.4, 0.5) is 5.69 Å². The van der Waals surface area contributed by atoms with Crippen LogP contribution in [0.5, 0.6) is 5.75 Å². The van der Waals surface area contributed by atoms with E-state index < -0.39 is 5.41 Å². The molecule has 0 aliphatic heterocycles. The number of nitrogens with zero attached hydrogens (tertiary/aromatic N) is 4. The van der Waals surface area contributed by atoms with Gasteiger partial charge >= 0.3 is 5.97 Å². The molecule has 0 spiro atoms. The van der Waals surface area contributed by atoms with Crippen LogP contribution < -0.4 is 10.1 Å². The predicted octanol–water partition coefficient (Wildman–Crippen LogP) is 3.38. The third-order valence-corrected chi connectivity index (χ3v) is 4.04. The molecule has 0 aliphatic rings. The maximum Gasteiger partial charge on any atom is 0.316 e. The molecule has 0 bridgehead atoms. The number of ether oxygens (including phenoxy) is 1. The van der Waals surface area contributed by atoms with Crippen LogP contribution in [-0.4, -0.2) is 33.2 Å². The second-order valence-corrected chi connectivity index (χ2v) is 7.27. The fraction of sp³-hybridized carbons (Fsp3) is 0.300. The molecule has 0 radical (unpaired) electrons. The normalized spacial score (nSPS) is 11.3. The summed E-state index contributed by atoms with van der Waals surface area (Å²) in [4.78, 5) is 12.0. The number of nitrogens with one attached hydrogen (secondary N) is 1. The maximum absolute atomic E-state index is 12.0. The second kappa shape index (κ2) is 7.57. The van der Waals surface area contributed by atoms with Gasteiger partial charge in [0.05, 0.1) is 12.0 Å². The molecular weight excluding hydrogens is 342 g/mol. The average molecular weight is 365 g/mol. The molecule has 7 nitrogen and oxygen atoms in total. The van der Waals surface area contributed by atoms with E-state index in [1.807, 2.05) is 64.2 Å². The van der Waals surface area contributed by atoms with Crippen LogP contribution in [-0.2, 0) is 11.3 Å². The molecule has 3 aromatic rings. The van der Waals surface area contributed by atoms with Gasteiger partial charge in [-0.15, -0.1) is 5.10 Å². The molecular formula is C20H23N5O2. The minimum Gasteiger partial charge on any atom is -0.426 e. The number of esters is 1. The minimum absolute atomic E-state index is 0.273. The van der Waals surface area contributed by atoms with E-state index in [9.17, 15) is 4.79 Å². The first-order valence-corrected chi connectivity index (χ1v) is 8.72. The van der Waals surface area contributed by atoms with Crippen LogP contribution in [0, 0.1) is 5.41 Å². The molecule has 1 heterocycles. The lowest BCUT2D eigenvalue weighted by Crippen LogP contribution is -2.25. The molecule has 27 heavy (non-hydrogen) atoms. The summed E-state index contributed by atoms with van der Waals surface area (Å²) in [5.74, 6) is 0.881. The molecule has 0 unspecified atom stereocenters. The Morgan fingerprint density at radius 2 is 1.74 bits per heavy atom. The van der Waals surface area contributed by atoms with Gasteiger partial charge in [0.2, 0.25) is 0 Å². The van der Waals surface area contributed by atoms with E-state index in [1.165, 1.54) is 0 Å². The number of hydrogen-bond donors (Lipinski definition) is 1. The highest BCUT2D eigenvalue weighted by Crippen LogP contribution is 2.23. The number of benzene rings is 2. The lowest BCUT2D eigenvalue weighted by molar-refractivity contribution is -0.142. The lowest BCUT2D eigenvalue weighted by atomic mass is 9.97. The van der Waals surface area contributed by atoms with Crippen molar-refractivity contribution in [3.63, 3.8) is 0 Å². The van der Waals surface area contributed by atoms with E-state index in [2.05, 4.69) is 20.8 Å². The summed E-state index contributed by atoms with van der Waals surface area (Å²) in [6, 6.07) is 15.3. The Labute approximate surface area is 158 Å². The molecule has 0 aliphatic carbocycles. The van der Waals surface area contributed by atoms with Gasteiger partial charge in [0.15, 0.2) is 5.82 Å². The highest BCUT2D eigenvalue weighted by molar-refractivity contribution is 5.78.